The third-order valence-electron chi connectivity index (χ3n) is 6.67. The number of aliphatic hydroxyl groups excluding tert-OH is 1. The van der Waals surface area contributed by atoms with Crippen LogP contribution in [0.4, 0.5) is 0 Å². The van der Waals surface area contributed by atoms with Crippen molar-refractivity contribution >= 4 is 11.9 Å². The summed E-state index contributed by atoms with van der Waals surface area (Å²) in [6.07, 6.45) is 0.00496. The predicted molar refractivity (Wildman–Crippen MR) is 107 cm³/mol. The fourth-order valence-electron chi connectivity index (χ4n) is 5.25. The van der Waals surface area contributed by atoms with E-state index in [4.69, 9.17) is 4.74 Å². The van der Waals surface area contributed by atoms with Crippen LogP contribution in [-0.4, -0.2) is 40.6 Å². The van der Waals surface area contributed by atoms with E-state index in [1.165, 1.54) is 16.0 Å². The van der Waals surface area contributed by atoms with Gasteiger partial charge in [-0.3, -0.25) is 4.79 Å². The Morgan fingerprint density at radius 3 is 2.65 bits per heavy atom. The Balaban J connectivity index is 0.00000231. The number of carbonyl (C=O) groups excluding carboxylic acids is 2. The Kier molecular flexibility index (Phi) is 5.77. The zero-order valence-electron chi connectivity index (χ0n) is 17.8. The first-order valence-corrected chi connectivity index (χ1v) is 10.2. The summed E-state index contributed by atoms with van der Waals surface area (Å²) in [5, 5.41) is 21.8. The Morgan fingerprint density at radius 2 is 1.94 bits per heavy atom. The van der Waals surface area contributed by atoms with Gasteiger partial charge in [0.05, 0.1) is 29.7 Å². The molecule has 0 spiro atoms. The molecule has 2 heterocycles. The number of hydrogen-bond acceptors (Lipinski definition) is 5. The zero-order valence-corrected chi connectivity index (χ0v) is 19.8. The molecule has 7 heteroatoms. The molecule has 2 aromatic carbocycles. The molecule has 5 rings (SSSR count). The SMILES string of the molecule is CC(O)C1C(=O)N2C(C(=O)[O-])=C(COc3cccc4c3-c3ccccc3C4)C(C)C12.[Na+]. The van der Waals surface area contributed by atoms with E-state index in [-0.39, 0.29) is 59.7 Å². The number of rotatable bonds is 5. The van der Waals surface area contributed by atoms with Crippen LogP contribution < -0.4 is 39.4 Å². The van der Waals surface area contributed by atoms with Gasteiger partial charge in [0, 0.05) is 11.5 Å². The molecule has 2 aliphatic heterocycles. The monoisotopic (exact) mass is 427 g/mol. The van der Waals surface area contributed by atoms with E-state index in [1.807, 2.05) is 31.2 Å². The van der Waals surface area contributed by atoms with Gasteiger partial charge in [0.15, 0.2) is 0 Å². The molecule has 2 aromatic rings. The van der Waals surface area contributed by atoms with Gasteiger partial charge < -0.3 is 24.6 Å². The van der Waals surface area contributed by atoms with Gasteiger partial charge >= 0.3 is 29.6 Å². The Morgan fingerprint density at radius 1 is 1.23 bits per heavy atom. The summed E-state index contributed by atoms with van der Waals surface area (Å²) in [6, 6.07) is 13.7. The molecule has 0 bridgehead atoms. The molecule has 1 fully saturated rings. The third kappa shape index (κ3) is 3.24. The van der Waals surface area contributed by atoms with Crippen LogP contribution in [0.3, 0.4) is 0 Å². The number of nitrogens with zero attached hydrogens (tertiary/aromatic N) is 1. The normalized spacial score (nSPS) is 24.0. The molecule has 6 nitrogen and oxygen atoms in total. The summed E-state index contributed by atoms with van der Waals surface area (Å²) < 4.78 is 6.15. The molecular weight excluding hydrogens is 405 g/mol. The van der Waals surface area contributed by atoms with Crippen LogP contribution in [0.5, 0.6) is 5.75 Å². The first kappa shape index (κ1) is 22.1. The van der Waals surface area contributed by atoms with Crippen LogP contribution >= 0.6 is 0 Å². The summed E-state index contributed by atoms with van der Waals surface area (Å²) in [4.78, 5) is 25.6. The number of carboxylic acids is 1. The van der Waals surface area contributed by atoms with Gasteiger partial charge in [-0.2, -0.15) is 0 Å². The summed E-state index contributed by atoms with van der Waals surface area (Å²) in [5.41, 5.74) is 5.00. The number of β-lactam (4-membered cyclic amide) rings is 1. The minimum atomic E-state index is -1.39. The fourth-order valence-corrected chi connectivity index (χ4v) is 5.25. The molecule has 31 heavy (non-hydrogen) atoms. The summed E-state index contributed by atoms with van der Waals surface area (Å²) >= 11 is 0. The number of carbonyl (C=O) groups is 2. The molecule has 1 N–H and O–H groups in total. The van der Waals surface area contributed by atoms with Crippen LogP contribution in [0.1, 0.15) is 25.0 Å². The maximum Gasteiger partial charge on any atom is 1.00 e. The number of benzene rings is 2. The van der Waals surface area contributed by atoms with Crippen molar-refractivity contribution in [1.82, 2.24) is 4.90 Å². The van der Waals surface area contributed by atoms with E-state index >= 15 is 0 Å². The van der Waals surface area contributed by atoms with E-state index in [1.54, 1.807) is 6.92 Å². The number of fused-ring (bicyclic) bond motifs is 4. The van der Waals surface area contributed by atoms with Crippen LogP contribution in [0.2, 0.25) is 0 Å². The van der Waals surface area contributed by atoms with Gasteiger partial charge in [0.2, 0.25) is 5.91 Å². The average Bonchev–Trinajstić information content (AvgIpc) is 3.20. The maximum absolute atomic E-state index is 12.5. The van der Waals surface area contributed by atoms with Gasteiger partial charge in [0.1, 0.15) is 12.4 Å². The van der Waals surface area contributed by atoms with Gasteiger partial charge in [-0.25, -0.2) is 0 Å². The standard InChI is InChI=1S/C24H23NO5.Na/c1-12-17(22(24(28)29)25-21(12)19(13(2)26)23(25)27)11-30-18-9-5-7-15-10-14-6-3-4-8-16(14)20(15)18;/h3-9,12-13,19,21,26H,10-11H2,1-2H3,(H,28,29);/q;+1/p-1. The van der Waals surface area contributed by atoms with Crippen molar-refractivity contribution in [3.8, 4) is 16.9 Å². The van der Waals surface area contributed by atoms with Crippen LogP contribution in [-0.2, 0) is 16.0 Å². The molecule has 3 aliphatic rings. The van der Waals surface area contributed by atoms with E-state index in [9.17, 15) is 19.8 Å². The Hall–Kier alpha value is -2.12. The number of carboxylic acid groups (broad SMARTS) is 1. The van der Waals surface area contributed by atoms with Gasteiger partial charge in [-0.15, -0.1) is 0 Å². The number of hydrogen-bond donors (Lipinski definition) is 1. The topological polar surface area (TPSA) is 89.9 Å². The molecule has 1 saturated heterocycles. The summed E-state index contributed by atoms with van der Waals surface area (Å²) in [6.45, 7) is 3.49. The number of ether oxygens (including phenoxy) is 1. The van der Waals surface area contributed by atoms with Crippen molar-refractivity contribution in [3.63, 3.8) is 0 Å². The van der Waals surface area contributed by atoms with Crippen LogP contribution in [0.25, 0.3) is 11.1 Å². The number of amides is 1. The summed E-state index contributed by atoms with van der Waals surface area (Å²) in [5.74, 6) is -1.89. The van der Waals surface area contributed by atoms with Crippen molar-refractivity contribution in [2.24, 2.45) is 11.8 Å². The Labute approximate surface area is 202 Å². The fraction of sp³-hybridized carbons (Fsp3) is 0.333. The van der Waals surface area contributed by atoms with Gasteiger partial charge in [-0.1, -0.05) is 43.3 Å². The second kappa shape index (κ2) is 8.10. The average molecular weight is 427 g/mol. The molecular formula is C24H22NNaO5. The molecule has 0 radical (unpaired) electrons. The summed E-state index contributed by atoms with van der Waals surface area (Å²) in [7, 11) is 0. The van der Waals surface area contributed by atoms with E-state index < -0.39 is 18.0 Å². The van der Waals surface area contributed by atoms with Gasteiger partial charge in [-0.05, 0) is 41.7 Å². The Bertz CT molecular complexity index is 1110. The second-order valence-corrected chi connectivity index (χ2v) is 8.33. The molecule has 0 aromatic heterocycles. The van der Waals surface area contributed by atoms with Crippen LogP contribution in [0, 0.1) is 11.8 Å². The van der Waals surface area contributed by atoms with Crippen molar-refractivity contribution in [2.75, 3.05) is 6.61 Å². The molecule has 1 aliphatic carbocycles. The maximum atomic E-state index is 12.5. The van der Waals surface area contributed by atoms with Crippen LogP contribution in [0.15, 0.2) is 53.7 Å². The predicted octanol–water partition coefficient (Wildman–Crippen LogP) is -1.50. The first-order valence-electron chi connectivity index (χ1n) is 10.2. The first-order chi connectivity index (χ1) is 14.4. The molecule has 0 saturated carbocycles. The smallest absolute Gasteiger partial charge is 0.543 e. The quantitative estimate of drug-likeness (QED) is 0.396. The molecule has 4 unspecified atom stereocenters. The number of aliphatic hydroxyl groups is 1. The second-order valence-electron chi connectivity index (χ2n) is 8.33. The zero-order chi connectivity index (χ0) is 21.2. The van der Waals surface area contributed by atoms with Gasteiger partial charge in [0.25, 0.3) is 0 Å². The van der Waals surface area contributed by atoms with E-state index in [0.717, 1.165) is 17.5 Å². The third-order valence-corrected chi connectivity index (χ3v) is 6.67. The minimum absolute atomic E-state index is 0. The van der Waals surface area contributed by atoms with E-state index in [2.05, 4.69) is 18.2 Å². The largest absolute Gasteiger partial charge is 1.00 e. The minimum Gasteiger partial charge on any atom is -0.543 e. The number of aliphatic carboxylic acids is 1. The van der Waals surface area contributed by atoms with E-state index in [0.29, 0.717) is 11.3 Å². The van der Waals surface area contributed by atoms with Crippen molar-refractivity contribution in [3.05, 3.63) is 64.9 Å². The van der Waals surface area contributed by atoms with Crippen molar-refractivity contribution < 1.29 is 54.1 Å². The van der Waals surface area contributed by atoms with Crippen molar-refractivity contribution in [1.29, 1.82) is 0 Å². The molecule has 154 valence electrons. The molecule has 1 amide bonds. The van der Waals surface area contributed by atoms with Crippen molar-refractivity contribution in [2.45, 2.75) is 32.4 Å². The molecule has 4 atom stereocenters.